The van der Waals surface area contributed by atoms with Crippen molar-refractivity contribution in [3.63, 3.8) is 0 Å². The molecule has 0 fully saturated rings. The Morgan fingerprint density at radius 2 is 2.25 bits per heavy atom. The van der Waals surface area contributed by atoms with Crippen LogP contribution in [0.4, 0.5) is 0 Å². The summed E-state index contributed by atoms with van der Waals surface area (Å²) >= 11 is 3.09. The maximum absolute atomic E-state index is 11.6. The second kappa shape index (κ2) is 6.03. The number of halogens is 1. The minimum absolute atomic E-state index is 0.0153. The zero-order valence-corrected chi connectivity index (χ0v) is 11.5. The number of nitrogens with one attached hydrogen (secondary N) is 1. The highest BCUT2D eigenvalue weighted by Crippen LogP contribution is 2.21. The number of aliphatic hydroxyl groups excluding tert-OH is 1. The van der Waals surface area contributed by atoms with Gasteiger partial charge in [0.2, 0.25) is 0 Å². The molecule has 9 nitrogen and oxygen atoms in total. The van der Waals surface area contributed by atoms with E-state index in [0.29, 0.717) is 12.6 Å². The Kier molecular flexibility index (Phi) is 4.37. The normalized spacial score (nSPS) is 14.1. The van der Waals surface area contributed by atoms with Crippen LogP contribution in [0.3, 0.4) is 0 Å². The summed E-state index contributed by atoms with van der Waals surface area (Å²) in [7, 11) is 0. The smallest absolute Gasteiger partial charge is 0.278 e. The minimum Gasteiger partial charge on any atom is -0.393 e. The van der Waals surface area contributed by atoms with Gasteiger partial charge in [-0.05, 0) is 15.9 Å². The van der Waals surface area contributed by atoms with Gasteiger partial charge in [-0.2, -0.15) is 0 Å². The number of hydrogen-bond acceptors (Lipinski definition) is 7. The number of fused-ring (bicyclic) bond motifs is 1. The lowest BCUT2D eigenvalue weighted by Gasteiger charge is -2.17. The van der Waals surface area contributed by atoms with E-state index in [-0.39, 0.29) is 15.9 Å². The quantitative estimate of drug-likeness (QED) is 0.516. The Hall–Kier alpha value is -1.91. The molecule has 0 aliphatic rings. The van der Waals surface area contributed by atoms with E-state index in [1.807, 2.05) is 0 Å². The molecule has 2 unspecified atom stereocenters. The molecular formula is C10H9BrN4O5. The summed E-state index contributed by atoms with van der Waals surface area (Å²) in [6.07, 6.45) is -0.506. The van der Waals surface area contributed by atoms with Crippen LogP contribution in [0.25, 0.3) is 11.2 Å². The fourth-order valence-corrected chi connectivity index (χ4v) is 2.12. The Balaban J connectivity index is 2.52. The number of H-pyrrole nitrogens is 1. The molecule has 2 rings (SSSR count). The van der Waals surface area contributed by atoms with Crippen molar-refractivity contribution in [2.75, 3.05) is 6.61 Å². The fourth-order valence-electron chi connectivity index (χ4n) is 1.57. The highest BCUT2D eigenvalue weighted by Gasteiger charge is 2.23. The summed E-state index contributed by atoms with van der Waals surface area (Å²) in [5.41, 5.74) is -0.352. The highest BCUT2D eigenvalue weighted by atomic mass is 79.9. The van der Waals surface area contributed by atoms with Gasteiger partial charge in [0, 0.05) is 0 Å². The van der Waals surface area contributed by atoms with Crippen molar-refractivity contribution in [3.8, 4) is 0 Å². The van der Waals surface area contributed by atoms with Crippen LogP contribution in [0.5, 0.6) is 0 Å². The summed E-state index contributed by atoms with van der Waals surface area (Å²) in [5, 5.41) is 8.92. The SMILES string of the molecule is O=CC(CO)OC(C=O)n1c(Br)nc2c(=O)[nH]cnc21. The average Bonchev–Trinajstić information content (AvgIpc) is 2.79. The minimum atomic E-state index is -1.26. The second-order valence-electron chi connectivity index (χ2n) is 3.67. The van der Waals surface area contributed by atoms with Crippen molar-refractivity contribution in [1.29, 1.82) is 0 Å². The lowest BCUT2D eigenvalue weighted by atomic mass is 10.4. The monoisotopic (exact) mass is 344 g/mol. The molecule has 0 saturated heterocycles. The van der Waals surface area contributed by atoms with E-state index in [2.05, 4.69) is 30.9 Å². The summed E-state index contributed by atoms with van der Waals surface area (Å²) in [6, 6.07) is 0. The highest BCUT2D eigenvalue weighted by molar-refractivity contribution is 9.10. The number of aldehydes is 2. The van der Waals surface area contributed by atoms with Gasteiger partial charge >= 0.3 is 0 Å². The molecule has 0 radical (unpaired) electrons. The van der Waals surface area contributed by atoms with Crippen LogP contribution in [-0.2, 0) is 14.3 Å². The molecule has 2 aromatic rings. The van der Waals surface area contributed by atoms with Gasteiger partial charge in [0.25, 0.3) is 5.56 Å². The summed E-state index contributed by atoms with van der Waals surface area (Å²) in [6.45, 7) is -0.577. The Bertz CT molecular complexity index is 697. The van der Waals surface area contributed by atoms with Gasteiger partial charge in [-0.1, -0.05) is 0 Å². The second-order valence-corrected chi connectivity index (χ2v) is 4.38. The van der Waals surface area contributed by atoms with Gasteiger partial charge in [-0.3, -0.25) is 14.2 Å². The molecule has 0 spiro atoms. The first-order chi connectivity index (χ1) is 9.62. The van der Waals surface area contributed by atoms with Crippen LogP contribution in [0.1, 0.15) is 6.23 Å². The van der Waals surface area contributed by atoms with Crippen LogP contribution in [0.15, 0.2) is 15.9 Å². The molecule has 106 valence electrons. The summed E-state index contributed by atoms with van der Waals surface area (Å²) in [4.78, 5) is 43.6. The van der Waals surface area contributed by atoms with Gasteiger partial charge in [-0.25, -0.2) is 9.97 Å². The van der Waals surface area contributed by atoms with Crippen LogP contribution < -0.4 is 5.56 Å². The van der Waals surface area contributed by atoms with Crippen molar-refractivity contribution in [3.05, 3.63) is 21.4 Å². The predicted molar refractivity (Wildman–Crippen MR) is 69.0 cm³/mol. The number of rotatable bonds is 6. The van der Waals surface area contributed by atoms with Gasteiger partial charge in [0.1, 0.15) is 6.10 Å². The molecule has 0 saturated carbocycles. The van der Waals surface area contributed by atoms with Gasteiger partial charge < -0.3 is 19.6 Å². The van der Waals surface area contributed by atoms with Crippen LogP contribution in [0.2, 0.25) is 0 Å². The molecule has 2 atom stereocenters. The number of carbonyl (C=O) groups is 2. The molecule has 0 aliphatic heterocycles. The van der Waals surface area contributed by atoms with Crippen molar-refractivity contribution in [2.24, 2.45) is 0 Å². The zero-order chi connectivity index (χ0) is 14.7. The molecule has 20 heavy (non-hydrogen) atoms. The predicted octanol–water partition coefficient (Wildman–Crippen LogP) is -0.844. The van der Waals surface area contributed by atoms with Crippen LogP contribution in [-0.4, -0.2) is 49.9 Å². The topological polar surface area (TPSA) is 127 Å². The van der Waals surface area contributed by atoms with Gasteiger partial charge in [0.15, 0.2) is 34.7 Å². The van der Waals surface area contributed by atoms with Crippen molar-refractivity contribution in [2.45, 2.75) is 12.3 Å². The number of aromatic nitrogens is 4. The molecule has 2 aromatic heterocycles. The van der Waals surface area contributed by atoms with Gasteiger partial charge in [-0.15, -0.1) is 0 Å². The van der Waals surface area contributed by atoms with Crippen molar-refractivity contribution in [1.82, 2.24) is 19.5 Å². The van der Waals surface area contributed by atoms with E-state index >= 15 is 0 Å². The van der Waals surface area contributed by atoms with E-state index in [1.54, 1.807) is 0 Å². The maximum Gasteiger partial charge on any atom is 0.278 e. The van der Waals surface area contributed by atoms with E-state index in [4.69, 9.17) is 9.84 Å². The third-order valence-corrected chi connectivity index (χ3v) is 3.02. The molecule has 0 aromatic carbocycles. The molecular weight excluding hydrogens is 336 g/mol. The standard InChI is InChI=1S/C10H9BrN4O5/c11-10-14-7-8(12-4-13-9(7)19)15(10)6(3-18)20-5(1-16)2-17/h1,3-6,17H,2H2,(H,12,13,19). The summed E-state index contributed by atoms with van der Waals surface area (Å²) < 4.78 is 6.46. The Morgan fingerprint density at radius 3 is 2.85 bits per heavy atom. The van der Waals surface area contributed by atoms with E-state index in [0.717, 1.165) is 6.33 Å². The molecule has 10 heteroatoms. The fraction of sp³-hybridized carbons (Fsp3) is 0.300. The lowest BCUT2D eigenvalue weighted by molar-refractivity contribution is -0.139. The third-order valence-electron chi connectivity index (χ3n) is 2.46. The number of aromatic amines is 1. The Labute approximate surface area is 119 Å². The number of ether oxygens (including phenoxy) is 1. The number of nitrogens with zero attached hydrogens (tertiary/aromatic N) is 3. The van der Waals surface area contributed by atoms with E-state index in [1.165, 1.54) is 4.57 Å². The number of imidazole rings is 1. The third kappa shape index (κ3) is 2.53. The lowest BCUT2D eigenvalue weighted by Crippen LogP contribution is -2.26. The van der Waals surface area contributed by atoms with E-state index < -0.39 is 24.5 Å². The number of aliphatic hydroxyl groups is 1. The number of hydrogen-bond donors (Lipinski definition) is 2. The van der Waals surface area contributed by atoms with Crippen LogP contribution >= 0.6 is 15.9 Å². The maximum atomic E-state index is 11.6. The Morgan fingerprint density at radius 1 is 1.50 bits per heavy atom. The average molecular weight is 345 g/mol. The molecule has 2 heterocycles. The molecule has 0 amide bonds. The first kappa shape index (κ1) is 14.5. The van der Waals surface area contributed by atoms with Crippen molar-refractivity contribution < 1.29 is 19.4 Å². The zero-order valence-electron chi connectivity index (χ0n) is 9.89. The van der Waals surface area contributed by atoms with Crippen molar-refractivity contribution >= 4 is 39.7 Å². The largest absolute Gasteiger partial charge is 0.393 e. The number of carbonyl (C=O) groups excluding carboxylic acids is 2. The molecule has 2 N–H and O–H groups in total. The van der Waals surface area contributed by atoms with E-state index in [9.17, 15) is 14.4 Å². The van der Waals surface area contributed by atoms with Gasteiger partial charge in [0.05, 0.1) is 12.9 Å². The molecule has 0 bridgehead atoms. The molecule has 0 aliphatic carbocycles. The summed E-state index contributed by atoms with van der Waals surface area (Å²) in [5.74, 6) is 0. The van der Waals surface area contributed by atoms with Crippen LogP contribution in [0, 0.1) is 0 Å². The first-order valence-electron chi connectivity index (χ1n) is 5.40. The first-order valence-corrected chi connectivity index (χ1v) is 6.19.